The van der Waals surface area contributed by atoms with E-state index in [9.17, 15) is 49.5 Å². The van der Waals surface area contributed by atoms with Crippen molar-refractivity contribution >= 4 is 23.4 Å². The number of carbonyl (C=O) groups is 3. The zero-order valence-corrected chi connectivity index (χ0v) is 19.8. The van der Waals surface area contributed by atoms with Crippen LogP contribution in [0.25, 0.3) is 0 Å². The SMILES string of the molecule is Cc1cc(C2=NOC(c3cc(F)cc(F)c3)(C(F)(F)F)C2)ccc1C(=O)N1CC(=O)N(CC(F)(F)F)C(=O)C1. The van der Waals surface area contributed by atoms with Gasteiger partial charge < -0.3 is 9.74 Å². The number of carbonyl (C=O) groups excluding carboxylic acids is 3. The molecule has 1 fully saturated rings. The maximum atomic E-state index is 14.1. The van der Waals surface area contributed by atoms with Crippen molar-refractivity contribution in [3.05, 3.63) is 70.3 Å². The molecule has 0 bridgehead atoms. The molecule has 7 nitrogen and oxygen atoms in total. The van der Waals surface area contributed by atoms with Crippen LogP contribution in [0.1, 0.15) is 33.5 Å². The maximum absolute atomic E-state index is 14.1. The average Bonchev–Trinajstić information content (AvgIpc) is 3.27. The highest BCUT2D eigenvalue weighted by Gasteiger charge is 2.62. The highest BCUT2D eigenvalue weighted by molar-refractivity contribution is 6.07. The number of rotatable bonds is 4. The minimum atomic E-state index is -5.13. The summed E-state index contributed by atoms with van der Waals surface area (Å²) in [6.45, 7) is -1.97. The van der Waals surface area contributed by atoms with Crippen LogP contribution in [0.2, 0.25) is 0 Å². The molecule has 0 radical (unpaired) electrons. The van der Waals surface area contributed by atoms with E-state index in [4.69, 9.17) is 4.84 Å². The van der Waals surface area contributed by atoms with Gasteiger partial charge in [-0.25, -0.2) is 8.78 Å². The number of halogens is 8. The number of aryl methyl sites for hydroxylation is 1. The Bertz CT molecular complexity index is 1350. The summed E-state index contributed by atoms with van der Waals surface area (Å²) >= 11 is 0. The van der Waals surface area contributed by atoms with Gasteiger partial charge in [0.2, 0.25) is 11.8 Å². The molecule has 0 aliphatic carbocycles. The van der Waals surface area contributed by atoms with Crippen LogP contribution in [0.5, 0.6) is 0 Å². The second-order valence-electron chi connectivity index (χ2n) is 8.97. The number of piperazine rings is 1. The third-order valence-electron chi connectivity index (χ3n) is 6.18. The Balaban J connectivity index is 1.55. The lowest BCUT2D eigenvalue weighted by atomic mass is 9.86. The second-order valence-corrected chi connectivity index (χ2v) is 8.97. The van der Waals surface area contributed by atoms with Crippen LogP contribution in [0.15, 0.2) is 41.6 Å². The molecule has 208 valence electrons. The van der Waals surface area contributed by atoms with Crippen LogP contribution in [0.3, 0.4) is 0 Å². The number of hydrogen-bond acceptors (Lipinski definition) is 5. The largest absolute Gasteiger partial charge is 0.435 e. The molecule has 1 unspecified atom stereocenters. The summed E-state index contributed by atoms with van der Waals surface area (Å²) in [6, 6.07) is 5.04. The van der Waals surface area contributed by atoms with Gasteiger partial charge in [-0.15, -0.1) is 0 Å². The normalized spacial score (nSPS) is 20.3. The Morgan fingerprint density at radius 2 is 1.56 bits per heavy atom. The van der Waals surface area contributed by atoms with E-state index in [1.54, 1.807) is 0 Å². The number of nitrogens with zero attached hydrogens (tertiary/aromatic N) is 3. The fourth-order valence-electron chi connectivity index (χ4n) is 4.29. The molecule has 0 spiro atoms. The molecular formula is C24H17F8N3O4. The molecule has 4 rings (SSSR count). The van der Waals surface area contributed by atoms with Crippen LogP contribution in [-0.4, -0.2) is 65.2 Å². The van der Waals surface area contributed by atoms with Gasteiger partial charge in [0, 0.05) is 23.6 Å². The molecule has 0 aromatic heterocycles. The molecular weight excluding hydrogens is 546 g/mol. The molecule has 0 saturated carbocycles. The third-order valence-corrected chi connectivity index (χ3v) is 6.18. The molecule has 2 aliphatic rings. The van der Waals surface area contributed by atoms with Crippen molar-refractivity contribution in [1.29, 1.82) is 0 Å². The van der Waals surface area contributed by atoms with Gasteiger partial charge in [0.25, 0.3) is 11.5 Å². The Morgan fingerprint density at radius 3 is 2.08 bits per heavy atom. The minimum absolute atomic E-state index is 0.00928. The third kappa shape index (κ3) is 5.43. The molecule has 2 aromatic carbocycles. The Morgan fingerprint density at radius 1 is 0.974 bits per heavy atom. The highest BCUT2D eigenvalue weighted by Crippen LogP contribution is 2.49. The number of benzene rings is 2. The zero-order chi connectivity index (χ0) is 28.9. The van der Waals surface area contributed by atoms with Gasteiger partial charge in [0.05, 0.1) is 5.71 Å². The molecule has 2 aliphatic heterocycles. The molecule has 0 N–H and O–H groups in total. The van der Waals surface area contributed by atoms with Crippen molar-refractivity contribution in [2.75, 3.05) is 19.6 Å². The summed E-state index contributed by atoms with van der Waals surface area (Å²) in [4.78, 5) is 42.6. The van der Waals surface area contributed by atoms with Gasteiger partial charge in [0.1, 0.15) is 31.3 Å². The average molecular weight is 563 g/mol. The summed E-state index contributed by atoms with van der Waals surface area (Å²) in [5, 5.41) is 3.49. The van der Waals surface area contributed by atoms with Crippen molar-refractivity contribution in [3.8, 4) is 0 Å². The lowest BCUT2D eigenvalue weighted by Crippen LogP contribution is -2.57. The Kier molecular flexibility index (Phi) is 6.89. The molecule has 15 heteroatoms. The van der Waals surface area contributed by atoms with Crippen molar-refractivity contribution < 1.29 is 54.3 Å². The van der Waals surface area contributed by atoms with Crippen molar-refractivity contribution in [3.63, 3.8) is 0 Å². The van der Waals surface area contributed by atoms with Gasteiger partial charge >= 0.3 is 12.4 Å². The van der Waals surface area contributed by atoms with Gasteiger partial charge in [-0.3, -0.25) is 19.3 Å². The lowest BCUT2D eigenvalue weighted by molar-refractivity contribution is -0.276. The van der Waals surface area contributed by atoms with E-state index in [1.165, 1.54) is 25.1 Å². The Labute approximate surface area is 214 Å². The molecule has 1 atom stereocenters. The van der Waals surface area contributed by atoms with E-state index in [0.717, 1.165) is 4.90 Å². The first-order chi connectivity index (χ1) is 18.0. The maximum Gasteiger partial charge on any atom is 0.435 e. The van der Waals surface area contributed by atoms with Gasteiger partial charge in [0.15, 0.2) is 0 Å². The highest BCUT2D eigenvalue weighted by atomic mass is 19.4. The summed E-state index contributed by atoms with van der Waals surface area (Å²) < 4.78 is 108. The first kappa shape index (κ1) is 28.0. The quantitative estimate of drug-likeness (QED) is 0.412. The van der Waals surface area contributed by atoms with E-state index < -0.39 is 78.9 Å². The van der Waals surface area contributed by atoms with Crippen LogP contribution in [0, 0.1) is 18.6 Å². The van der Waals surface area contributed by atoms with E-state index in [0.29, 0.717) is 18.2 Å². The van der Waals surface area contributed by atoms with Crippen LogP contribution < -0.4 is 0 Å². The molecule has 39 heavy (non-hydrogen) atoms. The van der Waals surface area contributed by atoms with E-state index in [2.05, 4.69) is 5.16 Å². The fourth-order valence-corrected chi connectivity index (χ4v) is 4.29. The van der Waals surface area contributed by atoms with E-state index >= 15 is 0 Å². The summed E-state index contributed by atoms with van der Waals surface area (Å²) in [7, 11) is 0. The first-order valence-corrected chi connectivity index (χ1v) is 11.1. The minimum Gasteiger partial charge on any atom is -0.374 e. The molecule has 2 heterocycles. The number of hydrogen-bond donors (Lipinski definition) is 0. The monoisotopic (exact) mass is 563 g/mol. The predicted octanol–water partition coefficient (Wildman–Crippen LogP) is 4.23. The van der Waals surface area contributed by atoms with Crippen molar-refractivity contribution in [2.45, 2.75) is 31.3 Å². The zero-order valence-electron chi connectivity index (χ0n) is 19.8. The topological polar surface area (TPSA) is 79.3 Å². The molecule has 1 saturated heterocycles. The number of alkyl halides is 6. The number of amides is 3. The fraction of sp³-hybridized carbons (Fsp3) is 0.333. The lowest BCUT2D eigenvalue weighted by Gasteiger charge is -2.33. The van der Waals surface area contributed by atoms with E-state index in [-0.39, 0.29) is 27.3 Å². The van der Waals surface area contributed by atoms with Crippen molar-refractivity contribution in [2.24, 2.45) is 5.16 Å². The van der Waals surface area contributed by atoms with E-state index in [1.807, 2.05) is 0 Å². The molecule has 2 aromatic rings. The van der Waals surface area contributed by atoms with Crippen LogP contribution in [0.4, 0.5) is 35.1 Å². The van der Waals surface area contributed by atoms with Crippen LogP contribution in [-0.2, 0) is 20.0 Å². The standard InChI is InChI=1S/C24H17F8N3O4/c1-12-4-13(18-8-22(39-33-18,24(30,31)32)14-5-15(25)7-16(26)6-14)2-3-17(12)21(38)34-9-19(36)35(20(37)10-34)11-23(27,28)29/h2-7H,8-11H2,1H3. The van der Waals surface area contributed by atoms with Gasteiger partial charge in [-0.2, -0.15) is 26.3 Å². The van der Waals surface area contributed by atoms with Crippen LogP contribution >= 0.6 is 0 Å². The van der Waals surface area contributed by atoms with Gasteiger partial charge in [-0.1, -0.05) is 11.2 Å². The predicted molar refractivity (Wildman–Crippen MR) is 116 cm³/mol. The number of imide groups is 1. The summed E-state index contributed by atoms with van der Waals surface area (Å²) in [6.07, 6.45) is -10.9. The Hall–Kier alpha value is -4.04. The number of oxime groups is 1. The first-order valence-electron chi connectivity index (χ1n) is 11.1. The van der Waals surface area contributed by atoms with Gasteiger partial charge in [-0.05, 0) is 42.3 Å². The smallest absolute Gasteiger partial charge is 0.374 e. The second kappa shape index (κ2) is 9.61. The summed E-state index contributed by atoms with van der Waals surface area (Å²) in [5.74, 6) is -5.81. The van der Waals surface area contributed by atoms with Crippen molar-refractivity contribution in [1.82, 2.24) is 9.80 Å². The molecule has 3 amide bonds. The summed E-state index contributed by atoms with van der Waals surface area (Å²) in [5.41, 5.74) is -4.07.